The smallest absolute Gasteiger partial charge is 0.123 e. The van der Waals surface area contributed by atoms with Gasteiger partial charge in [-0.2, -0.15) is 0 Å². The van der Waals surface area contributed by atoms with Gasteiger partial charge in [0.15, 0.2) is 0 Å². The van der Waals surface area contributed by atoms with E-state index < -0.39 is 0 Å². The van der Waals surface area contributed by atoms with Crippen molar-refractivity contribution in [1.82, 2.24) is 4.90 Å². The Labute approximate surface area is 122 Å². The normalized spacial score (nSPS) is 19.6. The number of ether oxygens (including phenoxy) is 1. The van der Waals surface area contributed by atoms with Crippen LogP contribution in [0.15, 0.2) is 22.7 Å². The molecule has 0 saturated carbocycles. The molecule has 1 heterocycles. The van der Waals surface area contributed by atoms with E-state index in [-0.39, 0.29) is 11.9 Å². The Balaban J connectivity index is 2.14. The summed E-state index contributed by atoms with van der Waals surface area (Å²) in [6.45, 7) is 2.35. The molecule has 0 aliphatic carbocycles. The van der Waals surface area contributed by atoms with Gasteiger partial charge in [-0.1, -0.05) is 15.9 Å². The minimum Gasteiger partial charge on any atom is -0.381 e. The molecule has 3 nitrogen and oxygen atoms in total. The molecule has 19 heavy (non-hydrogen) atoms. The largest absolute Gasteiger partial charge is 0.381 e. The standard InChI is InChI=1S/C14H20BrFN2O/c1-19-11-4-6-18(7-5-11)14(9-17)12-8-10(16)2-3-13(12)15/h2-3,8,11,14H,4-7,9,17H2,1H3. The Morgan fingerprint density at radius 2 is 2.16 bits per heavy atom. The highest BCUT2D eigenvalue weighted by Gasteiger charge is 2.26. The maximum Gasteiger partial charge on any atom is 0.123 e. The van der Waals surface area contributed by atoms with Gasteiger partial charge in [0.05, 0.1) is 6.10 Å². The third kappa shape index (κ3) is 3.54. The molecule has 106 valence electrons. The van der Waals surface area contributed by atoms with E-state index in [0.29, 0.717) is 12.6 Å². The van der Waals surface area contributed by atoms with E-state index >= 15 is 0 Å². The van der Waals surface area contributed by atoms with Crippen LogP contribution in [-0.2, 0) is 4.74 Å². The number of hydrogen-bond acceptors (Lipinski definition) is 3. The molecule has 1 aliphatic heterocycles. The highest BCUT2D eigenvalue weighted by molar-refractivity contribution is 9.10. The third-order valence-corrected chi connectivity index (χ3v) is 4.51. The number of halogens is 2. The number of methoxy groups -OCH3 is 1. The van der Waals surface area contributed by atoms with Crippen molar-refractivity contribution in [3.8, 4) is 0 Å². The number of benzene rings is 1. The van der Waals surface area contributed by atoms with E-state index in [1.807, 2.05) is 0 Å². The summed E-state index contributed by atoms with van der Waals surface area (Å²) < 4.78 is 19.7. The van der Waals surface area contributed by atoms with Crippen molar-refractivity contribution >= 4 is 15.9 Å². The van der Waals surface area contributed by atoms with Crippen molar-refractivity contribution in [1.29, 1.82) is 0 Å². The molecule has 1 unspecified atom stereocenters. The molecule has 1 atom stereocenters. The molecule has 0 spiro atoms. The van der Waals surface area contributed by atoms with Gasteiger partial charge >= 0.3 is 0 Å². The van der Waals surface area contributed by atoms with Gasteiger partial charge in [-0.05, 0) is 36.6 Å². The van der Waals surface area contributed by atoms with Gasteiger partial charge in [0, 0.05) is 37.3 Å². The number of rotatable bonds is 4. The Bertz CT molecular complexity index is 422. The predicted octanol–water partition coefficient (Wildman–Crippen LogP) is 2.70. The second-order valence-electron chi connectivity index (χ2n) is 4.89. The molecule has 0 aromatic heterocycles. The van der Waals surface area contributed by atoms with Gasteiger partial charge in [0.2, 0.25) is 0 Å². The van der Waals surface area contributed by atoms with Crippen molar-refractivity contribution in [2.45, 2.75) is 25.0 Å². The number of piperidine rings is 1. The van der Waals surface area contributed by atoms with Crippen molar-refractivity contribution in [2.75, 3.05) is 26.7 Å². The zero-order valence-electron chi connectivity index (χ0n) is 11.1. The van der Waals surface area contributed by atoms with E-state index in [1.54, 1.807) is 19.2 Å². The maximum absolute atomic E-state index is 13.4. The first kappa shape index (κ1) is 14.9. The molecular formula is C14H20BrFN2O. The number of nitrogens with zero attached hydrogens (tertiary/aromatic N) is 1. The summed E-state index contributed by atoms with van der Waals surface area (Å²) in [6.07, 6.45) is 2.34. The summed E-state index contributed by atoms with van der Waals surface area (Å²) in [5, 5.41) is 0. The average Bonchev–Trinajstić information content (AvgIpc) is 2.44. The Morgan fingerprint density at radius 3 is 2.74 bits per heavy atom. The van der Waals surface area contributed by atoms with Crippen molar-refractivity contribution in [2.24, 2.45) is 5.73 Å². The Morgan fingerprint density at radius 1 is 1.47 bits per heavy atom. The van der Waals surface area contributed by atoms with Crippen LogP contribution in [-0.4, -0.2) is 37.7 Å². The molecule has 1 aromatic carbocycles. The quantitative estimate of drug-likeness (QED) is 0.922. The zero-order valence-corrected chi connectivity index (χ0v) is 12.7. The molecule has 0 bridgehead atoms. The van der Waals surface area contributed by atoms with E-state index in [1.165, 1.54) is 6.07 Å². The SMILES string of the molecule is COC1CCN(C(CN)c2cc(F)ccc2Br)CC1. The second kappa shape index (κ2) is 6.79. The molecule has 5 heteroatoms. The van der Waals surface area contributed by atoms with Crippen molar-refractivity contribution < 1.29 is 9.13 Å². The zero-order chi connectivity index (χ0) is 13.8. The summed E-state index contributed by atoms with van der Waals surface area (Å²) >= 11 is 3.49. The summed E-state index contributed by atoms with van der Waals surface area (Å²) in [5.74, 6) is -0.219. The molecule has 1 fully saturated rings. The fraction of sp³-hybridized carbons (Fsp3) is 0.571. The van der Waals surface area contributed by atoms with Crippen LogP contribution in [0.3, 0.4) is 0 Å². The third-order valence-electron chi connectivity index (χ3n) is 3.79. The molecule has 2 N–H and O–H groups in total. The van der Waals surface area contributed by atoms with E-state index in [4.69, 9.17) is 10.5 Å². The van der Waals surface area contributed by atoms with Gasteiger partial charge in [0.1, 0.15) is 5.82 Å². The molecule has 1 aliphatic rings. The van der Waals surface area contributed by atoms with Crippen LogP contribution in [0.2, 0.25) is 0 Å². The lowest BCUT2D eigenvalue weighted by molar-refractivity contribution is 0.0279. The predicted molar refractivity (Wildman–Crippen MR) is 77.5 cm³/mol. The fourth-order valence-corrected chi connectivity index (χ4v) is 3.18. The van der Waals surface area contributed by atoms with Crippen LogP contribution in [0.5, 0.6) is 0 Å². The maximum atomic E-state index is 13.4. The van der Waals surface area contributed by atoms with Crippen molar-refractivity contribution in [3.63, 3.8) is 0 Å². The Hall–Kier alpha value is -0.490. The van der Waals surface area contributed by atoms with Crippen molar-refractivity contribution in [3.05, 3.63) is 34.1 Å². The van der Waals surface area contributed by atoms with E-state index in [0.717, 1.165) is 36.0 Å². The lowest BCUT2D eigenvalue weighted by Gasteiger charge is -2.37. The van der Waals surface area contributed by atoms with Crippen LogP contribution in [0.25, 0.3) is 0 Å². The lowest BCUT2D eigenvalue weighted by atomic mass is 10.0. The van der Waals surface area contributed by atoms with Gasteiger partial charge < -0.3 is 10.5 Å². The Kier molecular flexibility index (Phi) is 5.33. The molecule has 2 rings (SSSR count). The average molecular weight is 331 g/mol. The van der Waals surface area contributed by atoms with Crippen LogP contribution < -0.4 is 5.73 Å². The van der Waals surface area contributed by atoms with Crippen LogP contribution >= 0.6 is 15.9 Å². The first-order valence-electron chi connectivity index (χ1n) is 6.57. The van der Waals surface area contributed by atoms with Gasteiger partial charge in [-0.15, -0.1) is 0 Å². The van der Waals surface area contributed by atoms with Crippen LogP contribution in [0, 0.1) is 5.82 Å². The summed E-state index contributed by atoms with van der Waals surface area (Å²) in [5.41, 5.74) is 6.83. The van der Waals surface area contributed by atoms with Gasteiger partial charge in [0.25, 0.3) is 0 Å². The number of hydrogen-bond donors (Lipinski definition) is 1. The van der Waals surface area contributed by atoms with Crippen LogP contribution in [0.4, 0.5) is 4.39 Å². The van der Waals surface area contributed by atoms with E-state index in [2.05, 4.69) is 20.8 Å². The fourth-order valence-electron chi connectivity index (χ4n) is 2.67. The summed E-state index contributed by atoms with van der Waals surface area (Å²) in [4.78, 5) is 2.31. The topological polar surface area (TPSA) is 38.5 Å². The summed E-state index contributed by atoms with van der Waals surface area (Å²) in [6, 6.07) is 4.83. The minimum absolute atomic E-state index is 0.0582. The second-order valence-corrected chi connectivity index (χ2v) is 5.74. The lowest BCUT2D eigenvalue weighted by Crippen LogP contribution is -2.41. The highest BCUT2D eigenvalue weighted by Crippen LogP contribution is 2.30. The molecule has 1 aromatic rings. The number of nitrogens with two attached hydrogens (primary N) is 1. The molecule has 0 amide bonds. The van der Waals surface area contributed by atoms with Gasteiger partial charge in [-0.3, -0.25) is 4.90 Å². The highest BCUT2D eigenvalue weighted by atomic mass is 79.9. The monoisotopic (exact) mass is 330 g/mol. The first-order chi connectivity index (χ1) is 9.15. The molecule has 0 radical (unpaired) electrons. The van der Waals surface area contributed by atoms with Gasteiger partial charge in [-0.25, -0.2) is 4.39 Å². The molecular weight excluding hydrogens is 311 g/mol. The van der Waals surface area contributed by atoms with Crippen LogP contribution in [0.1, 0.15) is 24.4 Å². The number of likely N-dealkylation sites (tertiary alicyclic amines) is 1. The summed E-state index contributed by atoms with van der Waals surface area (Å²) in [7, 11) is 1.75. The van der Waals surface area contributed by atoms with E-state index in [9.17, 15) is 4.39 Å². The minimum atomic E-state index is -0.219. The molecule has 1 saturated heterocycles. The first-order valence-corrected chi connectivity index (χ1v) is 7.37.